The maximum absolute atomic E-state index is 13.1. The number of carbonyl (C=O) groups excluding carboxylic acids is 1. The van der Waals surface area contributed by atoms with Crippen molar-refractivity contribution in [1.82, 2.24) is 14.5 Å². The van der Waals surface area contributed by atoms with Crippen molar-refractivity contribution in [3.63, 3.8) is 0 Å². The third-order valence-corrected chi connectivity index (χ3v) is 7.94. The van der Waals surface area contributed by atoms with Gasteiger partial charge in [-0.15, -0.1) is 0 Å². The normalized spacial score (nSPS) is 20.0. The highest BCUT2D eigenvalue weighted by molar-refractivity contribution is 7.89. The number of piperazine rings is 1. The molecule has 1 atom stereocenters. The molecule has 0 saturated carbocycles. The summed E-state index contributed by atoms with van der Waals surface area (Å²) in [6.45, 7) is 8.49. The van der Waals surface area contributed by atoms with E-state index >= 15 is 0 Å². The number of rotatable bonds is 6. The van der Waals surface area contributed by atoms with Gasteiger partial charge in [0.05, 0.1) is 11.4 Å². The maximum atomic E-state index is 13.1. The number of amides is 1. The monoisotopic (exact) mass is 407 g/mol. The summed E-state index contributed by atoms with van der Waals surface area (Å²) in [5.74, 6) is 0.398. The predicted molar refractivity (Wildman–Crippen MR) is 111 cm³/mol. The van der Waals surface area contributed by atoms with Gasteiger partial charge in [-0.1, -0.05) is 19.9 Å². The Morgan fingerprint density at radius 3 is 2.32 bits per heavy atom. The molecule has 0 bridgehead atoms. The molecule has 28 heavy (non-hydrogen) atoms. The van der Waals surface area contributed by atoms with E-state index in [1.165, 1.54) is 17.5 Å². The fourth-order valence-corrected chi connectivity index (χ4v) is 5.29. The van der Waals surface area contributed by atoms with Crippen molar-refractivity contribution < 1.29 is 13.2 Å². The van der Waals surface area contributed by atoms with Gasteiger partial charge in [-0.25, -0.2) is 8.42 Å². The minimum atomic E-state index is -3.47. The van der Waals surface area contributed by atoms with Crippen molar-refractivity contribution in [2.45, 2.75) is 57.4 Å². The number of carbonyl (C=O) groups is 1. The third-order valence-electron chi connectivity index (χ3n) is 6.04. The molecule has 0 unspecified atom stereocenters. The van der Waals surface area contributed by atoms with Gasteiger partial charge in [-0.3, -0.25) is 9.69 Å². The zero-order valence-corrected chi connectivity index (χ0v) is 18.1. The second-order valence-electron chi connectivity index (χ2n) is 8.42. The van der Waals surface area contributed by atoms with E-state index in [9.17, 15) is 13.2 Å². The third kappa shape index (κ3) is 4.93. The number of fused-ring (bicyclic) bond motifs is 1. The van der Waals surface area contributed by atoms with Crippen LogP contribution >= 0.6 is 0 Å². The fourth-order valence-electron chi connectivity index (χ4n) is 3.82. The number of aryl methyl sites for hydroxylation is 2. The highest BCUT2D eigenvalue weighted by Gasteiger charge is 2.30. The topological polar surface area (TPSA) is 69.7 Å². The lowest BCUT2D eigenvalue weighted by molar-refractivity contribution is -0.123. The minimum Gasteiger partial charge on any atom is -0.352 e. The zero-order chi connectivity index (χ0) is 20.3. The Bertz CT molecular complexity index is 799. The summed E-state index contributed by atoms with van der Waals surface area (Å²) in [7, 11) is -3.47. The quantitative estimate of drug-likeness (QED) is 0.783. The van der Waals surface area contributed by atoms with Crippen LogP contribution < -0.4 is 5.32 Å². The molecule has 0 aromatic heterocycles. The van der Waals surface area contributed by atoms with Crippen LogP contribution in [0.4, 0.5) is 0 Å². The van der Waals surface area contributed by atoms with E-state index in [1.54, 1.807) is 10.4 Å². The zero-order valence-electron chi connectivity index (χ0n) is 17.3. The molecule has 1 aromatic carbocycles. The standard InChI is InChI=1S/C21H33N3O3S/c1-16(2)17(3)22-21(25)15-23-10-12-24(13-11-23)28(26,27)20-9-8-18-6-4-5-7-19(18)14-20/h8-9,14,16-17H,4-7,10-13,15H2,1-3H3,(H,22,25)/t17-/m1/s1. The number of benzene rings is 1. The summed E-state index contributed by atoms with van der Waals surface area (Å²) in [4.78, 5) is 14.6. The highest BCUT2D eigenvalue weighted by Crippen LogP contribution is 2.26. The molecule has 6 nitrogen and oxygen atoms in total. The van der Waals surface area contributed by atoms with E-state index in [-0.39, 0.29) is 11.9 Å². The number of hydrogen-bond acceptors (Lipinski definition) is 4. The molecule has 1 aliphatic carbocycles. The van der Waals surface area contributed by atoms with Crippen molar-refractivity contribution >= 4 is 15.9 Å². The van der Waals surface area contributed by atoms with Crippen molar-refractivity contribution in [1.29, 1.82) is 0 Å². The molecule has 1 saturated heterocycles. The van der Waals surface area contributed by atoms with E-state index in [4.69, 9.17) is 0 Å². The molecule has 1 amide bonds. The Kier molecular flexibility index (Phi) is 6.78. The summed E-state index contributed by atoms with van der Waals surface area (Å²) in [5.41, 5.74) is 2.47. The van der Waals surface area contributed by atoms with Gasteiger partial charge in [0, 0.05) is 32.2 Å². The van der Waals surface area contributed by atoms with Gasteiger partial charge in [-0.2, -0.15) is 4.31 Å². The Labute approximate surface area is 169 Å². The molecular weight excluding hydrogens is 374 g/mol. The largest absolute Gasteiger partial charge is 0.352 e. The number of sulfonamides is 1. The van der Waals surface area contributed by atoms with Gasteiger partial charge in [0.25, 0.3) is 0 Å². The van der Waals surface area contributed by atoms with Crippen LogP contribution in [0.2, 0.25) is 0 Å². The van der Waals surface area contributed by atoms with Crippen molar-refractivity contribution in [3.05, 3.63) is 29.3 Å². The molecule has 3 rings (SSSR count). The minimum absolute atomic E-state index is 0.00666. The van der Waals surface area contributed by atoms with Crippen molar-refractivity contribution in [3.8, 4) is 0 Å². The lowest BCUT2D eigenvalue weighted by Gasteiger charge is -2.34. The maximum Gasteiger partial charge on any atom is 0.243 e. The summed E-state index contributed by atoms with van der Waals surface area (Å²) in [6, 6.07) is 5.75. The molecule has 156 valence electrons. The van der Waals surface area contributed by atoms with Crippen molar-refractivity contribution in [2.24, 2.45) is 5.92 Å². The SMILES string of the molecule is CC(C)[C@@H](C)NC(=O)CN1CCN(S(=O)(=O)c2ccc3c(c2)CCCC3)CC1. The van der Waals surface area contributed by atoms with E-state index < -0.39 is 10.0 Å². The smallest absolute Gasteiger partial charge is 0.243 e. The van der Waals surface area contributed by atoms with E-state index in [1.807, 2.05) is 24.0 Å². The fraction of sp³-hybridized carbons (Fsp3) is 0.667. The second kappa shape index (κ2) is 8.93. The van der Waals surface area contributed by atoms with Crippen molar-refractivity contribution in [2.75, 3.05) is 32.7 Å². The number of hydrogen-bond donors (Lipinski definition) is 1. The average molecular weight is 408 g/mol. The van der Waals surface area contributed by atoms with E-state index in [0.29, 0.717) is 43.5 Å². The van der Waals surface area contributed by atoms with Crippen LogP contribution in [0.3, 0.4) is 0 Å². The lowest BCUT2D eigenvalue weighted by atomic mass is 9.92. The molecule has 1 aromatic rings. The summed E-state index contributed by atoms with van der Waals surface area (Å²) < 4.78 is 27.7. The molecule has 0 spiro atoms. The Balaban J connectivity index is 1.57. The molecular formula is C21H33N3O3S. The van der Waals surface area contributed by atoms with Gasteiger partial charge in [-0.05, 0) is 61.8 Å². The highest BCUT2D eigenvalue weighted by atomic mass is 32.2. The number of nitrogens with zero attached hydrogens (tertiary/aromatic N) is 2. The van der Waals surface area contributed by atoms with Gasteiger partial charge in [0.2, 0.25) is 15.9 Å². The summed E-state index contributed by atoms with van der Waals surface area (Å²) in [6.07, 6.45) is 4.33. The van der Waals surface area contributed by atoms with Crippen LogP contribution in [0, 0.1) is 5.92 Å². The van der Waals surface area contributed by atoms with Crippen LogP contribution in [-0.2, 0) is 27.7 Å². The van der Waals surface area contributed by atoms with E-state index in [0.717, 1.165) is 19.3 Å². The molecule has 1 aliphatic heterocycles. The first-order valence-corrected chi connectivity index (χ1v) is 11.8. The van der Waals surface area contributed by atoms with Gasteiger partial charge >= 0.3 is 0 Å². The first-order chi connectivity index (χ1) is 13.3. The Morgan fingerprint density at radius 1 is 1.04 bits per heavy atom. The molecule has 0 radical (unpaired) electrons. The molecule has 1 heterocycles. The van der Waals surface area contributed by atoms with Crippen LogP contribution in [0.5, 0.6) is 0 Å². The predicted octanol–water partition coefficient (Wildman–Crippen LogP) is 2.03. The Morgan fingerprint density at radius 2 is 1.68 bits per heavy atom. The summed E-state index contributed by atoms with van der Waals surface area (Å²) >= 11 is 0. The van der Waals surface area contributed by atoms with Crippen LogP contribution in [0.1, 0.15) is 44.7 Å². The molecule has 7 heteroatoms. The van der Waals surface area contributed by atoms with Crippen LogP contribution in [-0.4, -0.2) is 62.3 Å². The molecule has 1 fully saturated rings. The number of nitrogens with one attached hydrogen (secondary N) is 1. The first-order valence-electron chi connectivity index (χ1n) is 10.4. The molecule has 2 aliphatic rings. The summed E-state index contributed by atoms with van der Waals surface area (Å²) in [5, 5.41) is 3.01. The van der Waals surface area contributed by atoms with Gasteiger partial charge in [0.1, 0.15) is 0 Å². The van der Waals surface area contributed by atoms with E-state index in [2.05, 4.69) is 19.2 Å². The lowest BCUT2D eigenvalue weighted by Crippen LogP contribution is -2.51. The average Bonchev–Trinajstić information content (AvgIpc) is 2.67. The Hall–Kier alpha value is -1.44. The van der Waals surface area contributed by atoms with Gasteiger partial charge in [0.15, 0.2) is 0 Å². The van der Waals surface area contributed by atoms with Gasteiger partial charge < -0.3 is 5.32 Å². The first kappa shape index (κ1) is 21.3. The van der Waals surface area contributed by atoms with Crippen LogP contribution in [0.25, 0.3) is 0 Å². The molecule has 1 N–H and O–H groups in total. The van der Waals surface area contributed by atoms with Crippen LogP contribution in [0.15, 0.2) is 23.1 Å². The second-order valence-corrected chi connectivity index (χ2v) is 10.4.